The Morgan fingerprint density at radius 2 is 2.03 bits per heavy atom. The van der Waals surface area contributed by atoms with E-state index < -0.39 is 16.1 Å². The first kappa shape index (κ1) is 22.2. The van der Waals surface area contributed by atoms with E-state index in [0.29, 0.717) is 29.8 Å². The molecule has 0 saturated carbocycles. The van der Waals surface area contributed by atoms with E-state index in [1.165, 1.54) is 6.07 Å². The molecule has 2 aromatic rings. The quantitative estimate of drug-likeness (QED) is 0.710. The molecule has 1 aliphatic rings. The normalized spacial score (nSPS) is 15.8. The molecule has 1 aromatic carbocycles. The molecule has 0 aliphatic carbocycles. The summed E-state index contributed by atoms with van der Waals surface area (Å²) in [4.78, 5) is 16.4. The Morgan fingerprint density at radius 3 is 2.77 bits per heavy atom. The molecule has 0 atom stereocenters. The van der Waals surface area contributed by atoms with Gasteiger partial charge in [0.05, 0.1) is 6.61 Å². The van der Waals surface area contributed by atoms with Gasteiger partial charge >= 0.3 is 10.2 Å². The Morgan fingerprint density at radius 1 is 1.27 bits per heavy atom. The number of nitrogens with zero attached hydrogens (tertiary/aromatic N) is 2. The van der Waals surface area contributed by atoms with Crippen LogP contribution >= 0.6 is 0 Å². The Hall–Kier alpha value is -2.50. The molecule has 3 rings (SSSR count). The summed E-state index contributed by atoms with van der Waals surface area (Å²) >= 11 is 0. The third-order valence-corrected chi connectivity index (χ3v) is 6.18. The van der Waals surface area contributed by atoms with E-state index in [-0.39, 0.29) is 43.1 Å². The number of hydrogen-bond donors (Lipinski definition) is 2. The van der Waals surface area contributed by atoms with E-state index in [0.717, 1.165) is 10.6 Å². The van der Waals surface area contributed by atoms with E-state index in [4.69, 9.17) is 9.15 Å². The Balaban J connectivity index is 1.72. The molecule has 11 heteroatoms. The van der Waals surface area contributed by atoms with Gasteiger partial charge in [-0.2, -0.15) is 17.7 Å². The fourth-order valence-electron chi connectivity index (χ4n) is 3.01. The van der Waals surface area contributed by atoms with Gasteiger partial charge in [0.25, 0.3) is 11.9 Å². The van der Waals surface area contributed by atoms with Crippen LogP contribution in [0.15, 0.2) is 22.8 Å². The third-order valence-electron chi connectivity index (χ3n) is 4.69. The highest BCUT2D eigenvalue weighted by molar-refractivity contribution is 7.87. The van der Waals surface area contributed by atoms with Crippen LogP contribution in [-0.4, -0.2) is 49.9 Å². The van der Waals surface area contributed by atoms with Crippen molar-refractivity contribution in [3.8, 4) is 0 Å². The molecule has 0 bridgehead atoms. The van der Waals surface area contributed by atoms with Crippen LogP contribution in [0.25, 0.3) is 0 Å². The number of rotatable bonds is 6. The van der Waals surface area contributed by atoms with Gasteiger partial charge in [-0.1, -0.05) is 13.8 Å². The number of ether oxygens (including phenoxy) is 1. The van der Waals surface area contributed by atoms with Crippen molar-refractivity contribution in [2.75, 3.05) is 31.6 Å². The summed E-state index contributed by atoms with van der Waals surface area (Å²) in [5.74, 6) is -1.23. The average Bonchev–Trinajstić information content (AvgIpc) is 2.95. The highest BCUT2D eigenvalue weighted by atomic mass is 32.2. The largest absolute Gasteiger partial charge is 0.431 e. The number of carbonyl (C=O) groups is 1. The van der Waals surface area contributed by atoms with Crippen molar-refractivity contribution in [3.63, 3.8) is 0 Å². The number of halogens is 1. The fourth-order valence-corrected chi connectivity index (χ4v) is 4.17. The fraction of sp³-hybridized carbons (Fsp3) is 0.474. The van der Waals surface area contributed by atoms with Gasteiger partial charge in [0, 0.05) is 25.4 Å². The van der Waals surface area contributed by atoms with Gasteiger partial charge in [0.1, 0.15) is 12.1 Å². The van der Waals surface area contributed by atoms with Crippen LogP contribution in [0.3, 0.4) is 0 Å². The zero-order valence-corrected chi connectivity index (χ0v) is 17.9. The second-order valence-corrected chi connectivity index (χ2v) is 8.98. The average molecular weight is 440 g/mol. The predicted molar refractivity (Wildman–Crippen MR) is 108 cm³/mol. The lowest BCUT2D eigenvalue weighted by molar-refractivity contribution is 0.0973. The molecule has 164 valence electrons. The lowest BCUT2D eigenvalue weighted by Gasteiger charge is -2.18. The van der Waals surface area contributed by atoms with Crippen molar-refractivity contribution in [1.82, 2.24) is 14.0 Å². The van der Waals surface area contributed by atoms with Crippen LogP contribution in [0.4, 0.5) is 16.1 Å². The highest BCUT2D eigenvalue weighted by Crippen LogP contribution is 2.27. The number of hydrogen-bond acceptors (Lipinski definition) is 7. The molecule has 1 aromatic heterocycles. The van der Waals surface area contributed by atoms with Crippen molar-refractivity contribution in [2.24, 2.45) is 0 Å². The maximum Gasteiger partial charge on any atom is 0.304 e. The van der Waals surface area contributed by atoms with Crippen molar-refractivity contribution in [2.45, 2.75) is 33.1 Å². The first-order chi connectivity index (χ1) is 14.2. The summed E-state index contributed by atoms with van der Waals surface area (Å²) < 4.78 is 52.6. The van der Waals surface area contributed by atoms with Crippen LogP contribution in [0.1, 0.15) is 47.8 Å². The van der Waals surface area contributed by atoms with Crippen LogP contribution in [0.5, 0.6) is 0 Å². The first-order valence-electron chi connectivity index (χ1n) is 9.60. The topological polar surface area (TPSA) is 114 Å². The number of aromatic nitrogens is 1. The Kier molecular flexibility index (Phi) is 6.74. The second-order valence-electron chi connectivity index (χ2n) is 7.31. The number of amides is 1. The first-order valence-corrected chi connectivity index (χ1v) is 11.0. The predicted octanol–water partition coefficient (Wildman–Crippen LogP) is 2.69. The lowest BCUT2D eigenvalue weighted by atomic mass is 10.00. The summed E-state index contributed by atoms with van der Waals surface area (Å²) in [5.41, 5.74) is 1.54. The van der Waals surface area contributed by atoms with Crippen molar-refractivity contribution >= 4 is 27.8 Å². The summed E-state index contributed by atoms with van der Waals surface area (Å²) in [6, 6.07) is 3.06. The summed E-state index contributed by atoms with van der Waals surface area (Å²) in [5, 5.41) is 2.90. The minimum absolute atomic E-state index is 0.00913. The zero-order chi connectivity index (χ0) is 21.9. The van der Waals surface area contributed by atoms with Crippen LogP contribution < -0.4 is 10.0 Å². The molecular weight excluding hydrogens is 415 g/mol. The second kappa shape index (κ2) is 9.11. The van der Waals surface area contributed by atoms with Crippen LogP contribution in [0, 0.1) is 12.7 Å². The Bertz CT molecular complexity index is 1010. The minimum Gasteiger partial charge on any atom is -0.431 e. The number of oxazole rings is 1. The maximum atomic E-state index is 14.1. The lowest BCUT2D eigenvalue weighted by Crippen LogP contribution is -2.44. The zero-order valence-electron chi connectivity index (χ0n) is 17.1. The standard InChI is InChI=1S/C19H25FN4O5S/c1-12(2)14-10-16(13(3)9-15(14)20)21-19-22-17(11-29-19)18(25)23-30(26,27)24-5-4-7-28-8-6-24/h9-12H,4-8H2,1-3H3,(H,21,22)(H,23,25). The molecule has 9 nitrogen and oxygen atoms in total. The van der Waals surface area contributed by atoms with Crippen molar-refractivity contribution in [1.29, 1.82) is 0 Å². The molecule has 2 N–H and O–H groups in total. The summed E-state index contributed by atoms with van der Waals surface area (Å²) in [7, 11) is -4.02. The maximum absolute atomic E-state index is 14.1. The summed E-state index contributed by atoms with van der Waals surface area (Å²) in [6.45, 7) is 6.64. The van der Waals surface area contributed by atoms with Gasteiger partial charge in [0.15, 0.2) is 5.69 Å². The highest BCUT2D eigenvalue weighted by Gasteiger charge is 2.27. The van der Waals surface area contributed by atoms with Gasteiger partial charge < -0.3 is 14.5 Å². The minimum atomic E-state index is -4.02. The Labute approximate surface area is 174 Å². The molecule has 0 unspecified atom stereocenters. The molecule has 1 saturated heterocycles. The molecular formula is C19H25FN4O5S. The molecule has 30 heavy (non-hydrogen) atoms. The van der Waals surface area contributed by atoms with Crippen molar-refractivity contribution < 1.29 is 26.8 Å². The van der Waals surface area contributed by atoms with E-state index in [2.05, 4.69) is 10.3 Å². The SMILES string of the molecule is Cc1cc(F)c(C(C)C)cc1Nc1nc(C(=O)NS(=O)(=O)N2CCCOCC2)co1. The molecule has 0 spiro atoms. The smallest absolute Gasteiger partial charge is 0.304 e. The van der Waals surface area contributed by atoms with Gasteiger partial charge in [-0.3, -0.25) is 4.79 Å². The molecule has 1 amide bonds. The molecule has 0 radical (unpaired) electrons. The molecule has 1 fully saturated rings. The van der Waals surface area contributed by atoms with Crippen molar-refractivity contribution in [3.05, 3.63) is 41.0 Å². The number of benzene rings is 1. The molecule has 2 heterocycles. The molecule has 1 aliphatic heterocycles. The van der Waals surface area contributed by atoms with E-state index in [1.807, 2.05) is 18.6 Å². The van der Waals surface area contributed by atoms with E-state index in [1.54, 1.807) is 13.0 Å². The summed E-state index contributed by atoms with van der Waals surface area (Å²) in [6.07, 6.45) is 1.60. The van der Waals surface area contributed by atoms with E-state index in [9.17, 15) is 17.6 Å². The van der Waals surface area contributed by atoms with Gasteiger partial charge in [-0.25, -0.2) is 9.11 Å². The number of anilines is 2. The number of aryl methyl sites for hydroxylation is 1. The van der Waals surface area contributed by atoms with Gasteiger partial charge in [-0.15, -0.1) is 0 Å². The van der Waals surface area contributed by atoms with Gasteiger partial charge in [-0.05, 0) is 42.5 Å². The van der Waals surface area contributed by atoms with Crippen LogP contribution in [-0.2, 0) is 14.9 Å². The van der Waals surface area contributed by atoms with Gasteiger partial charge in [0.2, 0.25) is 0 Å². The number of nitrogens with one attached hydrogen (secondary N) is 2. The van der Waals surface area contributed by atoms with Crippen LogP contribution in [0.2, 0.25) is 0 Å². The third kappa shape index (κ3) is 5.15. The monoisotopic (exact) mass is 440 g/mol. The van der Waals surface area contributed by atoms with E-state index >= 15 is 0 Å². The number of carbonyl (C=O) groups excluding carboxylic acids is 1.